The first-order valence-corrected chi connectivity index (χ1v) is 7.70. The molecule has 1 N–H and O–H groups in total. The molecule has 2 rings (SSSR count). The summed E-state index contributed by atoms with van der Waals surface area (Å²) in [6.07, 6.45) is 6.79. The van der Waals surface area contributed by atoms with E-state index in [1.807, 2.05) is 7.11 Å². The first kappa shape index (κ1) is 14.3. The molecule has 0 spiro atoms. The van der Waals surface area contributed by atoms with Gasteiger partial charge < -0.3 is 15.0 Å². The van der Waals surface area contributed by atoms with Crippen LogP contribution in [0.5, 0.6) is 0 Å². The normalized spacial score (nSPS) is 28.7. The van der Waals surface area contributed by atoms with Crippen LogP contribution in [0.15, 0.2) is 0 Å². The summed E-state index contributed by atoms with van der Waals surface area (Å²) in [5.41, 5.74) is 0.599. The average molecular weight is 254 g/mol. The number of nitrogens with zero attached hydrogens (tertiary/aromatic N) is 1. The third kappa shape index (κ3) is 3.69. The van der Waals surface area contributed by atoms with Crippen LogP contribution in [0.2, 0.25) is 0 Å². The second kappa shape index (κ2) is 6.88. The Balaban J connectivity index is 1.85. The number of piperidine rings is 1. The second-order valence-corrected chi connectivity index (χ2v) is 6.35. The van der Waals surface area contributed by atoms with Gasteiger partial charge in [0.15, 0.2) is 0 Å². The van der Waals surface area contributed by atoms with Crippen molar-refractivity contribution in [2.75, 3.05) is 46.4 Å². The van der Waals surface area contributed by atoms with Crippen molar-refractivity contribution in [2.24, 2.45) is 11.3 Å². The number of likely N-dealkylation sites (tertiary alicyclic amines) is 1. The minimum absolute atomic E-state index is 0.599. The molecule has 2 fully saturated rings. The van der Waals surface area contributed by atoms with Gasteiger partial charge >= 0.3 is 0 Å². The van der Waals surface area contributed by atoms with E-state index in [4.69, 9.17) is 4.74 Å². The molecule has 0 aliphatic carbocycles. The molecule has 2 saturated heterocycles. The Bertz CT molecular complexity index is 233. The zero-order valence-electron chi connectivity index (χ0n) is 12.2. The molecule has 18 heavy (non-hydrogen) atoms. The van der Waals surface area contributed by atoms with Gasteiger partial charge in [0.05, 0.1) is 6.61 Å². The van der Waals surface area contributed by atoms with Gasteiger partial charge in [0.25, 0.3) is 0 Å². The maximum atomic E-state index is 5.30. The van der Waals surface area contributed by atoms with Crippen molar-refractivity contribution >= 4 is 0 Å². The third-order valence-electron chi connectivity index (χ3n) is 4.78. The zero-order chi connectivity index (χ0) is 12.8. The Morgan fingerprint density at radius 3 is 2.78 bits per heavy atom. The minimum Gasteiger partial charge on any atom is -0.384 e. The first-order chi connectivity index (χ1) is 8.78. The smallest absolute Gasteiger partial charge is 0.0503 e. The van der Waals surface area contributed by atoms with Crippen LogP contribution in [0.25, 0.3) is 0 Å². The van der Waals surface area contributed by atoms with Crippen LogP contribution in [-0.4, -0.2) is 51.3 Å². The highest BCUT2D eigenvalue weighted by molar-refractivity contribution is 4.89. The van der Waals surface area contributed by atoms with Gasteiger partial charge in [0.2, 0.25) is 0 Å². The lowest BCUT2D eigenvalue weighted by molar-refractivity contribution is 0.105. The van der Waals surface area contributed by atoms with Gasteiger partial charge in [-0.05, 0) is 56.7 Å². The summed E-state index contributed by atoms with van der Waals surface area (Å²) in [6.45, 7) is 9.58. The number of nitrogens with one attached hydrogen (secondary N) is 1. The van der Waals surface area contributed by atoms with Crippen molar-refractivity contribution < 1.29 is 4.74 Å². The largest absolute Gasteiger partial charge is 0.384 e. The predicted octanol–water partition coefficient (Wildman–Crippen LogP) is 2.12. The molecule has 3 heteroatoms. The van der Waals surface area contributed by atoms with Gasteiger partial charge in [-0.3, -0.25) is 0 Å². The lowest BCUT2D eigenvalue weighted by Gasteiger charge is -2.40. The monoisotopic (exact) mass is 254 g/mol. The first-order valence-electron chi connectivity index (χ1n) is 7.70. The summed E-state index contributed by atoms with van der Waals surface area (Å²) in [5, 5.41) is 3.51. The highest BCUT2D eigenvalue weighted by Gasteiger charge is 2.35. The maximum Gasteiger partial charge on any atom is 0.0503 e. The lowest BCUT2D eigenvalue weighted by atomic mass is 9.75. The summed E-state index contributed by atoms with van der Waals surface area (Å²) < 4.78 is 5.30. The summed E-state index contributed by atoms with van der Waals surface area (Å²) in [4.78, 5) is 2.70. The van der Waals surface area contributed by atoms with Crippen molar-refractivity contribution in [2.45, 2.75) is 39.0 Å². The summed E-state index contributed by atoms with van der Waals surface area (Å²) in [5.74, 6) is 0.774. The van der Waals surface area contributed by atoms with Crippen LogP contribution in [-0.2, 0) is 4.74 Å². The Hall–Kier alpha value is -0.120. The molecule has 2 aliphatic heterocycles. The van der Waals surface area contributed by atoms with E-state index in [0.29, 0.717) is 5.41 Å². The van der Waals surface area contributed by atoms with Crippen LogP contribution in [0.3, 0.4) is 0 Å². The van der Waals surface area contributed by atoms with Crippen molar-refractivity contribution in [3.05, 3.63) is 0 Å². The highest BCUT2D eigenvalue weighted by Crippen LogP contribution is 2.36. The van der Waals surface area contributed by atoms with E-state index in [2.05, 4.69) is 17.1 Å². The Labute approximate surface area is 112 Å². The van der Waals surface area contributed by atoms with Gasteiger partial charge in [0, 0.05) is 20.2 Å². The van der Waals surface area contributed by atoms with Gasteiger partial charge in [-0.2, -0.15) is 0 Å². The molecule has 3 nitrogen and oxygen atoms in total. The van der Waals surface area contributed by atoms with Gasteiger partial charge in [-0.1, -0.05) is 13.3 Å². The van der Waals surface area contributed by atoms with E-state index >= 15 is 0 Å². The fraction of sp³-hybridized carbons (Fsp3) is 1.00. The van der Waals surface area contributed by atoms with Crippen molar-refractivity contribution in [1.29, 1.82) is 0 Å². The van der Waals surface area contributed by atoms with E-state index < -0.39 is 0 Å². The number of hydrogen-bond donors (Lipinski definition) is 1. The topological polar surface area (TPSA) is 24.5 Å². The molecule has 2 heterocycles. The van der Waals surface area contributed by atoms with Crippen molar-refractivity contribution in [1.82, 2.24) is 10.2 Å². The van der Waals surface area contributed by atoms with Crippen LogP contribution in [0.4, 0.5) is 0 Å². The van der Waals surface area contributed by atoms with Crippen LogP contribution < -0.4 is 5.32 Å². The Kier molecular flexibility index (Phi) is 5.46. The molecule has 0 bridgehead atoms. The molecular formula is C15H30N2O. The molecule has 0 radical (unpaired) electrons. The van der Waals surface area contributed by atoms with E-state index in [1.54, 1.807) is 0 Å². The summed E-state index contributed by atoms with van der Waals surface area (Å²) in [7, 11) is 1.83. The summed E-state index contributed by atoms with van der Waals surface area (Å²) in [6, 6.07) is 0. The minimum atomic E-state index is 0.599. The van der Waals surface area contributed by atoms with Crippen LogP contribution >= 0.6 is 0 Å². The molecule has 0 aromatic rings. The Morgan fingerprint density at radius 1 is 1.33 bits per heavy atom. The lowest BCUT2D eigenvalue weighted by Crippen LogP contribution is -2.44. The molecule has 0 amide bonds. The average Bonchev–Trinajstić information content (AvgIpc) is 2.78. The van der Waals surface area contributed by atoms with E-state index in [-0.39, 0.29) is 0 Å². The van der Waals surface area contributed by atoms with Crippen LogP contribution in [0, 0.1) is 11.3 Å². The molecule has 1 atom stereocenters. The van der Waals surface area contributed by atoms with E-state index in [1.165, 1.54) is 64.8 Å². The van der Waals surface area contributed by atoms with Gasteiger partial charge in [-0.25, -0.2) is 0 Å². The van der Waals surface area contributed by atoms with Crippen molar-refractivity contribution in [3.8, 4) is 0 Å². The number of rotatable bonds is 6. The SMILES string of the molecule is CCCC1(CN2CCC(COC)C2)CCNCC1. The highest BCUT2D eigenvalue weighted by atomic mass is 16.5. The molecule has 106 valence electrons. The fourth-order valence-electron chi connectivity index (χ4n) is 3.88. The quantitative estimate of drug-likeness (QED) is 0.786. The van der Waals surface area contributed by atoms with E-state index in [9.17, 15) is 0 Å². The molecule has 0 aromatic carbocycles. The predicted molar refractivity (Wildman–Crippen MR) is 75.9 cm³/mol. The molecule has 1 unspecified atom stereocenters. The number of methoxy groups -OCH3 is 1. The number of hydrogen-bond acceptors (Lipinski definition) is 3. The zero-order valence-corrected chi connectivity index (χ0v) is 12.2. The fourth-order valence-corrected chi connectivity index (χ4v) is 3.88. The standard InChI is InChI=1S/C15H30N2O/c1-3-5-15(6-8-16-9-7-15)13-17-10-4-14(11-17)12-18-2/h14,16H,3-13H2,1-2H3. The molecule has 2 aliphatic rings. The maximum absolute atomic E-state index is 5.30. The van der Waals surface area contributed by atoms with E-state index in [0.717, 1.165) is 12.5 Å². The number of ether oxygens (including phenoxy) is 1. The van der Waals surface area contributed by atoms with Crippen LogP contribution in [0.1, 0.15) is 39.0 Å². The van der Waals surface area contributed by atoms with Gasteiger partial charge in [0.1, 0.15) is 0 Å². The van der Waals surface area contributed by atoms with Gasteiger partial charge in [-0.15, -0.1) is 0 Å². The molecular weight excluding hydrogens is 224 g/mol. The summed E-state index contributed by atoms with van der Waals surface area (Å²) >= 11 is 0. The molecule has 0 aromatic heterocycles. The second-order valence-electron chi connectivity index (χ2n) is 6.35. The van der Waals surface area contributed by atoms with Crippen molar-refractivity contribution in [3.63, 3.8) is 0 Å². The Morgan fingerprint density at radius 2 is 2.11 bits per heavy atom. The third-order valence-corrected chi connectivity index (χ3v) is 4.78. The molecule has 0 saturated carbocycles.